The summed E-state index contributed by atoms with van der Waals surface area (Å²) in [5, 5.41) is 17.4. The molecule has 5 nitrogen and oxygen atoms in total. The summed E-state index contributed by atoms with van der Waals surface area (Å²) in [6.45, 7) is 7.55. The van der Waals surface area contributed by atoms with Gasteiger partial charge in [0.1, 0.15) is 0 Å². The average molecular weight is 267 g/mol. The number of nitro benzene ring substituents is 1. The lowest BCUT2D eigenvalue weighted by Crippen LogP contribution is -2.34. The second kappa shape index (κ2) is 5.77. The molecule has 0 heterocycles. The highest BCUT2D eigenvalue weighted by Gasteiger charge is 2.14. The number of rotatable bonds is 3. The third-order valence-corrected chi connectivity index (χ3v) is 2.63. The zero-order valence-electron chi connectivity index (χ0n) is 10.9. The van der Waals surface area contributed by atoms with E-state index in [1.54, 1.807) is 13.0 Å². The Morgan fingerprint density at radius 2 is 1.94 bits per heavy atom. The van der Waals surface area contributed by atoms with Gasteiger partial charge in [-0.1, -0.05) is 0 Å². The summed E-state index contributed by atoms with van der Waals surface area (Å²) in [7, 11) is 0. The van der Waals surface area contributed by atoms with Crippen LogP contribution in [0.15, 0.2) is 12.1 Å². The minimum Gasteiger partial charge on any atom is -0.360 e. The summed E-state index contributed by atoms with van der Waals surface area (Å²) in [6, 6.07) is 3.50. The Morgan fingerprint density at radius 3 is 2.44 bits per heavy atom. The van der Waals surface area contributed by atoms with E-state index in [0.29, 0.717) is 16.4 Å². The summed E-state index contributed by atoms with van der Waals surface area (Å²) in [5.41, 5.74) is 2.32. The van der Waals surface area contributed by atoms with Crippen LogP contribution < -0.4 is 10.6 Å². The average Bonchev–Trinajstić information content (AvgIpc) is 2.20. The first-order valence-electron chi connectivity index (χ1n) is 5.64. The number of thiocarbonyl (C=S) groups is 1. The SMILES string of the molecule is Cc1cc(C)c([N+](=O)[O-])cc1NC(=S)NC(C)C. The Balaban J connectivity index is 2.99. The summed E-state index contributed by atoms with van der Waals surface area (Å²) >= 11 is 5.12. The lowest BCUT2D eigenvalue weighted by atomic mass is 10.1. The minimum absolute atomic E-state index is 0.0930. The highest BCUT2D eigenvalue weighted by atomic mass is 32.1. The van der Waals surface area contributed by atoms with Crippen LogP contribution in [0.2, 0.25) is 0 Å². The Labute approximate surface area is 112 Å². The molecule has 0 amide bonds. The molecule has 0 aliphatic heterocycles. The van der Waals surface area contributed by atoms with E-state index in [-0.39, 0.29) is 11.7 Å². The first-order chi connectivity index (χ1) is 8.31. The molecule has 0 radical (unpaired) electrons. The molecule has 0 aromatic heterocycles. The second-order valence-corrected chi connectivity index (χ2v) is 4.87. The van der Waals surface area contributed by atoms with Crippen LogP contribution in [0, 0.1) is 24.0 Å². The van der Waals surface area contributed by atoms with Crippen LogP contribution in [0.4, 0.5) is 11.4 Å². The molecule has 1 aromatic carbocycles. The van der Waals surface area contributed by atoms with Gasteiger partial charge in [-0.05, 0) is 51.5 Å². The summed E-state index contributed by atoms with van der Waals surface area (Å²) in [6.07, 6.45) is 0. The lowest BCUT2D eigenvalue weighted by Gasteiger charge is -2.15. The standard InChI is InChI=1S/C12H17N3O2S/c1-7(2)13-12(18)14-10-6-11(15(16)17)9(4)5-8(10)3/h5-7H,1-4H3,(H2,13,14,18). The fourth-order valence-electron chi connectivity index (χ4n) is 1.59. The zero-order valence-corrected chi connectivity index (χ0v) is 11.7. The molecule has 1 rings (SSSR count). The van der Waals surface area contributed by atoms with Gasteiger partial charge in [0.05, 0.1) is 10.6 Å². The van der Waals surface area contributed by atoms with Gasteiger partial charge in [0.15, 0.2) is 5.11 Å². The summed E-state index contributed by atoms with van der Waals surface area (Å²) < 4.78 is 0. The van der Waals surface area contributed by atoms with Gasteiger partial charge in [-0.25, -0.2) is 0 Å². The molecule has 0 atom stereocenters. The van der Waals surface area contributed by atoms with Gasteiger partial charge >= 0.3 is 0 Å². The molecule has 0 aliphatic carbocycles. The van der Waals surface area contributed by atoms with Crippen molar-refractivity contribution in [3.05, 3.63) is 33.4 Å². The van der Waals surface area contributed by atoms with Gasteiger partial charge in [0, 0.05) is 17.7 Å². The van der Waals surface area contributed by atoms with Crippen molar-refractivity contribution in [3.8, 4) is 0 Å². The number of nitrogens with zero attached hydrogens (tertiary/aromatic N) is 1. The molecule has 0 saturated heterocycles. The van der Waals surface area contributed by atoms with E-state index in [4.69, 9.17) is 12.2 Å². The summed E-state index contributed by atoms with van der Waals surface area (Å²) in [5.74, 6) is 0. The monoisotopic (exact) mass is 267 g/mol. The van der Waals surface area contributed by atoms with Crippen LogP contribution in [0.25, 0.3) is 0 Å². The van der Waals surface area contributed by atoms with E-state index in [9.17, 15) is 10.1 Å². The van der Waals surface area contributed by atoms with Crippen molar-refractivity contribution in [2.75, 3.05) is 5.32 Å². The molecule has 0 bridgehead atoms. The molecule has 1 aromatic rings. The van der Waals surface area contributed by atoms with Crippen LogP contribution in [0.3, 0.4) is 0 Å². The number of aryl methyl sites for hydroxylation is 2. The van der Waals surface area contributed by atoms with Crippen LogP contribution >= 0.6 is 12.2 Å². The van der Waals surface area contributed by atoms with Gasteiger partial charge in [0.2, 0.25) is 0 Å². The van der Waals surface area contributed by atoms with Crippen molar-refractivity contribution in [3.63, 3.8) is 0 Å². The largest absolute Gasteiger partial charge is 0.360 e. The molecule has 2 N–H and O–H groups in total. The van der Waals surface area contributed by atoms with Crippen LogP contribution in [0.5, 0.6) is 0 Å². The molecule has 18 heavy (non-hydrogen) atoms. The van der Waals surface area contributed by atoms with Crippen molar-refractivity contribution in [2.24, 2.45) is 0 Å². The highest BCUT2D eigenvalue weighted by molar-refractivity contribution is 7.80. The number of benzene rings is 1. The molecule has 98 valence electrons. The molecule has 0 fully saturated rings. The van der Waals surface area contributed by atoms with Crippen molar-refractivity contribution in [2.45, 2.75) is 33.7 Å². The van der Waals surface area contributed by atoms with Crippen molar-refractivity contribution in [1.82, 2.24) is 5.32 Å². The molecule has 0 aliphatic rings. The van der Waals surface area contributed by atoms with Gasteiger partial charge in [-0.15, -0.1) is 0 Å². The lowest BCUT2D eigenvalue weighted by molar-refractivity contribution is -0.385. The number of nitro groups is 1. The highest BCUT2D eigenvalue weighted by Crippen LogP contribution is 2.26. The third kappa shape index (κ3) is 3.66. The first kappa shape index (κ1) is 14.4. The smallest absolute Gasteiger partial charge is 0.274 e. The van der Waals surface area contributed by atoms with Gasteiger partial charge < -0.3 is 10.6 Å². The number of hydrogen-bond acceptors (Lipinski definition) is 3. The predicted octanol–water partition coefficient (Wildman–Crippen LogP) is 2.91. The maximum Gasteiger partial charge on any atom is 0.274 e. The normalized spacial score (nSPS) is 10.3. The number of nitrogens with one attached hydrogen (secondary N) is 2. The zero-order chi connectivity index (χ0) is 13.9. The Morgan fingerprint density at radius 1 is 1.33 bits per heavy atom. The molecular formula is C12H17N3O2S. The van der Waals surface area contributed by atoms with E-state index < -0.39 is 4.92 Å². The van der Waals surface area contributed by atoms with Gasteiger partial charge in [-0.3, -0.25) is 10.1 Å². The quantitative estimate of drug-likeness (QED) is 0.501. The fraction of sp³-hybridized carbons (Fsp3) is 0.417. The molecule has 0 unspecified atom stereocenters. The Hall–Kier alpha value is -1.69. The maximum atomic E-state index is 10.9. The van der Waals surface area contributed by atoms with E-state index in [1.165, 1.54) is 6.07 Å². The van der Waals surface area contributed by atoms with Crippen LogP contribution in [0.1, 0.15) is 25.0 Å². The predicted molar refractivity (Wildman–Crippen MR) is 77.1 cm³/mol. The Kier molecular flexibility index (Phi) is 4.61. The van der Waals surface area contributed by atoms with Crippen molar-refractivity contribution in [1.29, 1.82) is 0 Å². The first-order valence-corrected chi connectivity index (χ1v) is 6.05. The third-order valence-electron chi connectivity index (χ3n) is 2.41. The minimum atomic E-state index is -0.390. The fourth-order valence-corrected chi connectivity index (χ4v) is 1.94. The summed E-state index contributed by atoms with van der Waals surface area (Å²) in [4.78, 5) is 10.5. The van der Waals surface area contributed by atoms with E-state index in [0.717, 1.165) is 5.56 Å². The second-order valence-electron chi connectivity index (χ2n) is 4.46. The number of hydrogen-bond donors (Lipinski definition) is 2. The molecule has 0 spiro atoms. The van der Waals surface area contributed by atoms with E-state index in [1.807, 2.05) is 20.8 Å². The van der Waals surface area contributed by atoms with Gasteiger partial charge in [-0.2, -0.15) is 0 Å². The molecular weight excluding hydrogens is 250 g/mol. The van der Waals surface area contributed by atoms with Crippen LogP contribution in [-0.2, 0) is 0 Å². The van der Waals surface area contributed by atoms with Crippen molar-refractivity contribution < 1.29 is 4.92 Å². The Bertz CT molecular complexity index is 486. The van der Waals surface area contributed by atoms with Crippen molar-refractivity contribution >= 4 is 28.7 Å². The topological polar surface area (TPSA) is 67.2 Å². The maximum absolute atomic E-state index is 10.9. The van der Waals surface area contributed by atoms with E-state index in [2.05, 4.69) is 10.6 Å². The molecule has 6 heteroatoms. The van der Waals surface area contributed by atoms with Gasteiger partial charge in [0.25, 0.3) is 5.69 Å². The molecule has 0 saturated carbocycles. The van der Waals surface area contributed by atoms with E-state index >= 15 is 0 Å². The number of anilines is 1. The van der Waals surface area contributed by atoms with Crippen LogP contribution in [-0.4, -0.2) is 16.1 Å².